The van der Waals surface area contributed by atoms with E-state index < -0.39 is 16.3 Å². The molecule has 47 heavy (non-hydrogen) atoms. The lowest BCUT2D eigenvalue weighted by Gasteiger charge is -2.40. The number of allylic oxidation sites excluding steroid dienone is 1. The number of ether oxygens (including phenoxy) is 5. The van der Waals surface area contributed by atoms with Crippen LogP contribution >= 0.6 is 0 Å². The van der Waals surface area contributed by atoms with Crippen molar-refractivity contribution >= 4 is 15.9 Å². The first-order chi connectivity index (χ1) is 22.9. The Labute approximate surface area is 276 Å². The molecule has 0 spiro atoms. The monoisotopic (exact) mass is 671 g/mol. The van der Waals surface area contributed by atoms with Crippen LogP contribution in [0.2, 0.25) is 0 Å². The highest BCUT2D eigenvalue weighted by Crippen LogP contribution is 2.39. The van der Waals surface area contributed by atoms with Crippen molar-refractivity contribution in [2.75, 3.05) is 66.4 Å². The van der Waals surface area contributed by atoms with Gasteiger partial charge in [-0.15, -0.1) is 0 Å². The van der Waals surface area contributed by atoms with E-state index in [1.807, 2.05) is 29.2 Å². The van der Waals surface area contributed by atoms with Gasteiger partial charge in [-0.1, -0.05) is 12.5 Å². The van der Waals surface area contributed by atoms with Crippen LogP contribution in [0.5, 0.6) is 17.2 Å². The predicted molar refractivity (Wildman–Crippen MR) is 173 cm³/mol. The molecule has 0 saturated carbocycles. The number of aliphatic hydroxyl groups is 1. The number of piperidine rings is 2. The minimum atomic E-state index is -3.91. The number of hydrogen-bond donors (Lipinski definition) is 1. The van der Waals surface area contributed by atoms with Crippen molar-refractivity contribution in [3.05, 3.63) is 59.9 Å². The number of likely N-dealkylation sites (tertiary alicyclic amines) is 2. The molecule has 0 aromatic heterocycles. The van der Waals surface area contributed by atoms with E-state index in [-0.39, 0.29) is 55.6 Å². The number of carbonyl (C=O) groups excluding carboxylic acids is 1. The first-order valence-corrected chi connectivity index (χ1v) is 18.0. The largest absolute Gasteiger partial charge is 0.497 e. The summed E-state index contributed by atoms with van der Waals surface area (Å²) in [7, 11) is -2.40. The maximum absolute atomic E-state index is 13.8. The van der Waals surface area contributed by atoms with E-state index >= 15 is 0 Å². The summed E-state index contributed by atoms with van der Waals surface area (Å²) < 4.78 is 56.5. The third kappa shape index (κ3) is 7.86. The number of hydrogen-bond acceptors (Lipinski definition) is 10. The van der Waals surface area contributed by atoms with E-state index in [9.17, 15) is 18.3 Å². The van der Waals surface area contributed by atoms with Gasteiger partial charge in [0.15, 0.2) is 17.3 Å². The number of amides is 1. The maximum Gasteiger partial charge on any atom is 0.288 e. The standard InChI is InChI=1S/C34H45N3O9S/c1-42-28-6-8-29(9-7-28)47(40,41)37(17-19-38)18-20-43-33-23-26(25-5-10-30-31(21-25)45-24-44-30)22-32(46-33)34(39)36-15-11-27(12-16-36)35-13-3-2-4-14-35/h5-10,21-22,26-27,33,38H,2-4,11-20,23-24H2,1H3/t26-,33+/m1/s1. The summed E-state index contributed by atoms with van der Waals surface area (Å²) in [5, 5.41) is 9.65. The van der Waals surface area contributed by atoms with E-state index in [1.165, 1.54) is 42.8 Å². The number of methoxy groups -OCH3 is 1. The average molecular weight is 672 g/mol. The van der Waals surface area contributed by atoms with Gasteiger partial charge in [-0.05, 0) is 86.8 Å². The zero-order valence-electron chi connectivity index (χ0n) is 26.9. The second kappa shape index (κ2) is 15.2. The number of benzene rings is 2. The van der Waals surface area contributed by atoms with Crippen molar-refractivity contribution in [1.29, 1.82) is 0 Å². The van der Waals surface area contributed by atoms with Gasteiger partial charge >= 0.3 is 0 Å². The first-order valence-electron chi connectivity index (χ1n) is 16.5. The molecule has 2 saturated heterocycles. The fourth-order valence-electron chi connectivity index (χ4n) is 6.81. The number of nitrogens with zero attached hydrogens (tertiary/aromatic N) is 3. The Morgan fingerprint density at radius 1 is 0.979 bits per heavy atom. The van der Waals surface area contributed by atoms with Gasteiger partial charge in [0.25, 0.3) is 5.91 Å². The second-order valence-electron chi connectivity index (χ2n) is 12.3. The summed E-state index contributed by atoms with van der Waals surface area (Å²) in [4.78, 5) is 18.4. The molecule has 256 valence electrons. The highest BCUT2D eigenvalue weighted by Gasteiger charge is 2.35. The molecule has 0 radical (unpaired) electrons. The molecule has 1 amide bonds. The molecule has 2 aromatic carbocycles. The van der Waals surface area contributed by atoms with Crippen molar-refractivity contribution in [2.24, 2.45) is 0 Å². The van der Waals surface area contributed by atoms with Crippen molar-refractivity contribution in [1.82, 2.24) is 14.1 Å². The van der Waals surface area contributed by atoms with E-state index in [1.54, 1.807) is 12.1 Å². The summed E-state index contributed by atoms with van der Waals surface area (Å²) in [5.74, 6) is 1.73. The molecule has 0 aliphatic carbocycles. The maximum atomic E-state index is 13.8. The van der Waals surface area contributed by atoms with Gasteiger partial charge in [-0.25, -0.2) is 8.42 Å². The topological polar surface area (TPSA) is 127 Å². The molecule has 6 rings (SSSR count). The molecule has 0 unspecified atom stereocenters. The molecular formula is C34H45N3O9S. The van der Waals surface area contributed by atoms with E-state index in [2.05, 4.69) is 4.90 Å². The number of carbonyl (C=O) groups is 1. The Morgan fingerprint density at radius 2 is 1.72 bits per heavy atom. The molecular weight excluding hydrogens is 626 g/mol. The third-order valence-corrected chi connectivity index (χ3v) is 11.4. The highest BCUT2D eigenvalue weighted by molar-refractivity contribution is 7.89. The minimum Gasteiger partial charge on any atom is -0.497 e. The zero-order valence-corrected chi connectivity index (χ0v) is 27.7. The first kappa shape index (κ1) is 33.5. The lowest BCUT2D eigenvalue weighted by molar-refractivity contribution is -0.153. The Morgan fingerprint density at radius 3 is 2.45 bits per heavy atom. The molecule has 2 atom stereocenters. The average Bonchev–Trinajstić information content (AvgIpc) is 3.59. The van der Waals surface area contributed by atoms with Crippen molar-refractivity contribution < 1.29 is 42.0 Å². The Kier molecular flexibility index (Phi) is 10.9. The molecule has 2 fully saturated rings. The fraction of sp³-hybridized carbons (Fsp3) is 0.559. The van der Waals surface area contributed by atoms with Gasteiger partial charge < -0.3 is 38.6 Å². The van der Waals surface area contributed by atoms with Gasteiger partial charge in [0, 0.05) is 44.6 Å². The molecule has 2 aromatic rings. The summed E-state index contributed by atoms with van der Waals surface area (Å²) in [6.45, 7) is 3.31. The van der Waals surface area contributed by atoms with E-state index in [4.69, 9.17) is 23.7 Å². The summed E-state index contributed by atoms with van der Waals surface area (Å²) in [6.07, 6.45) is 7.15. The van der Waals surface area contributed by atoms with Gasteiger partial charge in [0.2, 0.25) is 23.1 Å². The molecule has 1 N–H and O–H groups in total. The van der Waals surface area contributed by atoms with Crippen LogP contribution in [-0.4, -0.2) is 112 Å². The van der Waals surface area contributed by atoms with Crippen LogP contribution in [0.3, 0.4) is 0 Å². The van der Waals surface area contributed by atoms with Crippen LogP contribution in [0.15, 0.2) is 59.2 Å². The Bertz CT molecular complexity index is 1500. The molecule has 0 bridgehead atoms. The lowest BCUT2D eigenvalue weighted by Crippen LogP contribution is -2.49. The van der Waals surface area contributed by atoms with Crippen LogP contribution in [0.1, 0.15) is 50.0 Å². The predicted octanol–water partition coefficient (Wildman–Crippen LogP) is 3.31. The molecule has 4 heterocycles. The van der Waals surface area contributed by atoms with Crippen LogP contribution in [0.25, 0.3) is 0 Å². The van der Waals surface area contributed by atoms with Crippen molar-refractivity contribution in [2.45, 2.75) is 61.7 Å². The van der Waals surface area contributed by atoms with E-state index in [0.29, 0.717) is 42.8 Å². The van der Waals surface area contributed by atoms with Crippen LogP contribution in [0.4, 0.5) is 0 Å². The smallest absolute Gasteiger partial charge is 0.288 e. The van der Waals surface area contributed by atoms with E-state index in [0.717, 1.165) is 31.5 Å². The van der Waals surface area contributed by atoms with Gasteiger partial charge in [-0.3, -0.25) is 4.79 Å². The van der Waals surface area contributed by atoms with Crippen LogP contribution < -0.4 is 14.2 Å². The highest BCUT2D eigenvalue weighted by atomic mass is 32.2. The molecule has 4 aliphatic heterocycles. The number of rotatable bonds is 12. The number of fused-ring (bicyclic) bond motifs is 1. The number of aliphatic hydroxyl groups excluding tert-OH is 1. The van der Waals surface area contributed by atoms with Crippen molar-refractivity contribution in [3.8, 4) is 17.2 Å². The summed E-state index contributed by atoms with van der Waals surface area (Å²) in [5.41, 5.74) is 0.934. The fourth-order valence-corrected chi connectivity index (χ4v) is 8.22. The lowest BCUT2D eigenvalue weighted by atomic mass is 9.92. The third-order valence-electron chi connectivity index (χ3n) is 9.44. The van der Waals surface area contributed by atoms with Crippen LogP contribution in [-0.2, 0) is 24.3 Å². The normalized spacial score (nSPS) is 22.2. The summed E-state index contributed by atoms with van der Waals surface area (Å²) >= 11 is 0. The second-order valence-corrected chi connectivity index (χ2v) is 14.3. The zero-order chi connectivity index (χ0) is 32.8. The summed E-state index contributed by atoms with van der Waals surface area (Å²) in [6, 6.07) is 12.3. The van der Waals surface area contributed by atoms with Crippen LogP contribution in [0, 0.1) is 0 Å². The van der Waals surface area contributed by atoms with Gasteiger partial charge in [0.1, 0.15) is 5.75 Å². The SMILES string of the molecule is COc1ccc(S(=O)(=O)N(CCO)CCO[C@@H]2C[C@H](c3ccc4c(c3)OCO4)C=C(C(=O)N3CCC(N4CCCCC4)CC3)O2)cc1. The quantitative estimate of drug-likeness (QED) is 0.359. The van der Waals surface area contributed by atoms with Gasteiger partial charge in [0.05, 0.1) is 25.2 Å². The minimum absolute atomic E-state index is 0.00336. The van der Waals surface area contributed by atoms with Gasteiger partial charge in [-0.2, -0.15) is 4.31 Å². The molecule has 13 heteroatoms. The molecule has 12 nitrogen and oxygen atoms in total. The Balaban J connectivity index is 1.13. The molecule has 4 aliphatic rings. The van der Waals surface area contributed by atoms with Crippen molar-refractivity contribution in [3.63, 3.8) is 0 Å². The number of sulfonamides is 1. The Hall–Kier alpha value is -3.36.